The molecule has 6 nitrogen and oxygen atoms in total. The topological polar surface area (TPSA) is 69.2 Å². The normalized spacial score (nSPS) is 11.4. The van der Waals surface area contributed by atoms with Crippen molar-refractivity contribution in [3.63, 3.8) is 0 Å². The molecule has 0 aliphatic carbocycles. The Bertz CT molecular complexity index is 1150. The lowest BCUT2D eigenvalue weighted by molar-refractivity contribution is -0.134. The number of carbonyl (C=O) groups is 1. The van der Waals surface area contributed by atoms with Gasteiger partial charge in [0.1, 0.15) is 23.9 Å². The number of nitrogens with one attached hydrogen (secondary N) is 1. The first-order valence-electron chi connectivity index (χ1n) is 10.8. The van der Waals surface area contributed by atoms with Gasteiger partial charge in [-0.15, -0.1) is 0 Å². The minimum absolute atomic E-state index is 0.335. The van der Waals surface area contributed by atoms with E-state index in [-0.39, 0.29) is 5.91 Å². The molecule has 0 atom stereocenters. The van der Waals surface area contributed by atoms with E-state index in [1.54, 1.807) is 51.4 Å². The highest BCUT2D eigenvalue weighted by Crippen LogP contribution is 2.24. The summed E-state index contributed by atoms with van der Waals surface area (Å²) in [4.78, 5) is 12.6. The number of halogens is 1. The summed E-state index contributed by atoms with van der Waals surface area (Å²) in [5, 5.41) is 4.69. The van der Waals surface area contributed by atoms with Crippen LogP contribution in [0.25, 0.3) is 0 Å². The number of hydrazone groups is 1. The zero-order chi connectivity index (χ0) is 24.7. The molecule has 0 aromatic heterocycles. The first kappa shape index (κ1) is 25.1. The van der Waals surface area contributed by atoms with Crippen molar-refractivity contribution in [3.8, 4) is 17.2 Å². The Morgan fingerprint density at radius 1 is 1.00 bits per heavy atom. The van der Waals surface area contributed by atoms with Crippen LogP contribution in [-0.2, 0) is 11.4 Å². The summed E-state index contributed by atoms with van der Waals surface area (Å²) in [5.41, 5.74) is 5.34. The third-order valence-electron chi connectivity index (χ3n) is 5.01. The molecule has 1 N–H and O–H groups in total. The largest absolute Gasteiger partial charge is 0.496 e. The number of nitrogens with zero attached hydrogens (tertiary/aromatic N) is 1. The van der Waals surface area contributed by atoms with Crippen molar-refractivity contribution in [2.45, 2.75) is 39.9 Å². The Labute approximate surface area is 205 Å². The van der Waals surface area contributed by atoms with Gasteiger partial charge in [-0.25, -0.2) is 5.43 Å². The van der Waals surface area contributed by atoms with Crippen LogP contribution in [0.15, 0.2) is 65.8 Å². The van der Waals surface area contributed by atoms with E-state index in [0.717, 1.165) is 28.0 Å². The van der Waals surface area contributed by atoms with Gasteiger partial charge in [0.2, 0.25) is 0 Å². The van der Waals surface area contributed by atoms with Crippen LogP contribution in [0.1, 0.15) is 36.1 Å². The van der Waals surface area contributed by atoms with Crippen molar-refractivity contribution >= 4 is 23.7 Å². The van der Waals surface area contributed by atoms with Gasteiger partial charge in [0, 0.05) is 10.6 Å². The Hall–Kier alpha value is -3.51. The van der Waals surface area contributed by atoms with E-state index in [9.17, 15) is 4.79 Å². The fraction of sp³-hybridized carbons (Fsp3) is 0.259. The lowest BCUT2D eigenvalue weighted by Crippen LogP contribution is -2.44. The van der Waals surface area contributed by atoms with E-state index in [2.05, 4.69) is 16.6 Å². The molecule has 0 spiro atoms. The molecule has 0 saturated carbocycles. The molecule has 0 aliphatic rings. The fourth-order valence-corrected chi connectivity index (χ4v) is 3.44. The van der Waals surface area contributed by atoms with Crippen molar-refractivity contribution in [3.05, 3.63) is 87.9 Å². The van der Waals surface area contributed by atoms with Crippen molar-refractivity contribution in [2.75, 3.05) is 7.11 Å². The monoisotopic (exact) mass is 480 g/mol. The number of rotatable bonds is 9. The molecule has 3 aromatic carbocycles. The Morgan fingerprint density at radius 2 is 1.68 bits per heavy atom. The summed E-state index contributed by atoms with van der Waals surface area (Å²) >= 11 is 5.90. The minimum Gasteiger partial charge on any atom is -0.496 e. The van der Waals surface area contributed by atoms with Gasteiger partial charge in [-0.2, -0.15) is 5.10 Å². The smallest absolute Gasteiger partial charge is 0.283 e. The number of hydrogen-bond acceptors (Lipinski definition) is 5. The molecular formula is C27H29ClN2O4. The number of ether oxygens (including phenoxy) is 3. The molecule has 0 saturated heterocycles. The summed E-state index contributed by atoms with van der Waals surface area (Å²) < 4.78 is 17.2. The third kappa shape index (κ3) is 6.99. The van der Waals surface area contributed by atoms with E-state index in [0.29, 0.717) is 23.1 Å². The Morgan fingerprint density at radius 3 is 2.32 bits per heavy atom. The molecule has 3 aromatic rings. The molecular weight excluding hydrogens is 452 g/mol. The van der Waals surface area contributed by atoms with E-state index < -0.39 is 5.60 Å². The van der Waals surface area contributed by atoms with Gasteiger partial charge < -0.3 is 14.2 Å². The van der Waals surface area contributed by atoms with E-state index in [4.69, 9.17) is 25.8 Å². The molecule has 178 valence electrons. The van der Waals surface area contributed by atoms with Crippen LogP contribution in [0.3, 0.4) is 0 Å². The molecule has 0 heterocycles. The van der Waals surface area contributed by atoms with Crippen molar-refractivity contribution < 1.29 is 19.0 Å². The van der Waals surface area contributed by atoms with Crippen LogP contribution in [-0.4, -0.2) is 24.8 Å². The average Bonchev–Trinajstić information content (AvgIpc) is 2.78. The summed E-state index contributed by atoms with van der Waals surface area (Å²) in [6.45, 7) is 7.74. The highest BCUT2D eigenvalue weighted by molar-refractivity contribution is 6.30. The number of carbonyl (C=O) groups excluding carboxylic acids is 1. The molecule has 34 heavy (non-hydrogen) atoms. The fourth-order valence-electron chi connectivity index (χ4n) is 3.31. The highest BCUT2D eigenvalue weighted by atomic mass is 35.5. The molecule has 0 bridgehead atoms. The lowest BCUT2D eigenvalue weighted by Gasteiger charge is -2.24. The van der Waals surface area contributed by atoms with E-state index in [1.165, 1.54) is 0 Å². The molecule has 0 fully saturated rings. The third-order valence-corrected chi connectivity index (χ3v) is 5.26. The van der Waals surface area contributed by atoms with Crippen LogP contribution < -0.4 is 19.6 Å². The number of methoxy groups -OCH3 is 1. The number of benzene rings is 3. The summed E-state index contributed by atoms with van der Waals surface area (Å²) in [6.07, 6.45) is 1.57. The van der Waals surface area contributed by atoms with Gasteiger partial charge in [0.05, 0.1) is 13.3 Å². The quantitative estimate of drug-likeness (QED) is 0.308. The van der Waals surface area contributed by atoms with E-state index >= 15 is 0 Å². The first-order chi connectivity index (χ1) is 16.2. The van der Waals surface area contributed by atoms with Gasteiger partial charge in [0.25, 0.3) is 5.91 Å². The average molecular weight is 481 g/mol. The second-order valence-electron chi connectivity index (χ2n) is 8.45. The van der Waals surface area contributed by atoms with Gasteiger partial charge in [-0.3, -0.25) is 4.79 Å². The second-order valence-corrected chi connectivity index (χ2v) is 8.89. The molecule has 0 unspecified atom stereocenters. The van der Waals surface area contributed by atoms with Crippen LogP contribution in [0.4, 0.5) is 0 Å². The Balaban J connectivity index is 1.64. The summed E-state index contributed by atoms with van der Waals surface area (Å²) in [7, 11) is 1.62. The SMILES string of the molecule is COc1ccc(/C=N/NC(=O)C(C)(C)Oc2ccc(Cl)cc2)cc1COc1cc(C)cc(C)c1. The van der Waals surface area contributed by atoms with Crippen molar-refractivity contribution in [2.24, 2.45) is 5.10 Å². The summed E-state index contributed by atoms with van der Waals surface area (Å²) in [6, 6.07) is 18.5. The van der Waals surface area contributed by atoms with Gasteiger partial charge in [0.15, 0.2) is 5.60 Å². The van der Waals surface area contributed by atoms with Crippen molar-refractivity contribution in [1.29, 1.82) is 0 Å². The maximum atomic E-state index is 12.6. The standard InChI is InChI=1S/C27H29ClN2O4/c1-18-12-19(2)14-24(13-18)33-17-21-15-20(6-11-25(21)32-5)16-29-30-26(31)27(3,4)34-23-9-7-22(28)8-10-23/h6-16H,17H2,1-5H3,(H,30,31)/b29-16+. The zero-order valence-electron chi connectivity index (χ0n) is 20.0. The number of hydrogen-bond donors (Lipinski definition) is 1. The van der Waals surface area contributed by atoms with Gasteiger partial charge >= 0.3 is 0 Å². The summed E-state index contributed by atoms with van der Waals surface area (Å²) in [5.74, 6) is 1.67. The predicted octanol–water partition coefficient (Wildman–Crippen LogP) is 5.85. The molecule has 0 radical (unpaired) electrons. The first-order valence-corrected chi connectivity index (χ1v) is 11.2. The number of amides is 1. The molecule has 1 amide bonds. The maximum Gasteiger partial charge on any atom is 0.283 e. The predicted molar refractivity (Wildman–Crippen MR) is 135 cm³/mol. The lowest BCUT2D eigenvalue weighted by atomic mass is 10.1. The van der Waals surface area contributed by atoms with Gasteiger partial charge in [-0.1, -0.05) is 17.7 Å². The number of aryl methyl sites for hydroxylation is 2. The Kier molecular flexibility index (Phi) is 8.18. The van der Waals surface area contributed by atoms with Crippen LogP contribution >= 0.6 is 11.6 Å². The van der Waals surface area contributed by atoms with E-state index in [1.807, 2.05) is 44.2 Å². The minimum atomic E-state index is -1.13. The second kappa shape index (κ2) is 11.1. The molecule has 0 aliphatic heterocycles. The van der Waals surface area contributed by atoms with Crippen molar-refractivity contribution in [1.82, 2.24) is 5.43 Å². The maximum absolute atomic E-state index is 12.6. The van der Waals surface area contributed by atoms with Gasteiger partial charge in [-0.05, 0) is 99.0 Å². The highest BCUT2D eigenvalue weighted by Gasteiger charge is 2.29. The zero-order valence-corrected chi connectivity index (χ0v) is 20.8. The van der Waals surface area contributed by atoms with Crippen LogP contribution in [0.2, 0.25) is 5.02 Å². The molecule has 3 rings (SSSR count). The molecule has 7 heteroatoms. The van der Waals surface area contributed by atoms with Crippen LogP contribution in [0, 0.1) is 13.8 Å². The van der Waals surface area contributed by atoms with Crippen LogP contribution in [0.5, 0.6) is 17.2 Å².